The van der Waals surface area contributed by atoms with Crippen LogP contribution >= 0.6 is 0 Å². The number of carbonyl (C=O) groups excluding carboxylic acids is 1. The first kappa shape index (κ1) is 22.9. The molecule has 0 aliphatic rings. The van der Waals surface area contributed by atoms with Crippen LogP contribution in [-0.2, 0) is 21.2 Å². The minimum atomic E-state index is -3.60. The van der Waals surface area contributed by atoms with Crippen LogP contribution in [0.4, 0.5) is 0 Å². The highest BCUT2D eigenvalue weighted by molar-refractivity contribution is 7.89. The van der Waals surface area contributed by atoms with Crippen LogP contribution in [0.15, 0.2) is 53.4 Å². The van der Waals surface area contributed by atoms with Gasteiger partial charge in [-0.1, -0.05) is 12.1 Å². The first-order valence-corrected chi connectivity index (χ1v) is 10.8. The molecule has 2 rings (SSSR count). The molecule has 0 aliphatic heterocycles. The van der Waals surface area contributed by atoms with E-state index in [0.29, 0.717) is 24.3 Å². The van der Waals surface area contributed by atoms with Gasteiger partial charge in [0.15, 0.2) is 0 Å². The Balaban J connectivity index is 1.83. The highest BCUT2D eigenvalue weighted by atomic mass is 32.2. The van der Waals surface area contributed by atoms with Crippen molar-refractivity contribution < 1.29 is 22.7 Å². The zero-order valence-electron chi connectivity index (χ0n) is 17.1. The summed E-state index contributed by atoms with van der Waals surface area (Å²) >= 11 is 0. The quantitative estimate of drug-likeness (QED) is 0.444. The fourth-order valence-corrected chi connectivity index (χ4v) is 3.66. The molecule has 0 unspecified atom stereocenters. The molecular formula is C21H28N2O5S. The molecule has 0 amide bonds. The van der Waals surface area contributed by atoms with Crippen molar-refractivity contribution in [2.75, 3.05) is 40.9 Å². The molecule has 0 fully saturated rings. The Kier molecular flexibility index (Phi) is 8.63. The molecule has 0 aromatic heterocycles. The van der Waals surface area contributed by atoms with Gasteiger partial charge in [0, 0.05) is 13.1 Å². The standard InChI is InChI=1S/C21H28N2O5S/c1-23(2)15-4-16-28-19-9-11-20(12-10-19)29(25,26)22-14-13-17-5-7-18(8-6-17)21(24)27-3/h5-12,22H,4,13-16H2,1-3H3. The number of benzene rings is 2. The van der Waals surface area contributed by atoms with Crippen LogP contribution in [0.1, 0.15) is 22.3 Å². The molecule has 7 nitrogen and oxygen atoms in total. The van der Waals surface area contributed by atoms with Gasteiger partial charge in [-0.05, 0) is 68.9 Å². The molecule has 1 N–H and O–H groups in total. The van der Waals surface area contributed by atoms with E-state index >= 15 is 0 Å². The summed E-state index contributed by atoms with van der Waals surface area (Å²) in [6, 6.07) is 13.3. The summed E-state index contributed by atoms with van der Waals surface area (Å²) in [6.45, 7) is 1.77. The highest BCUT2D eigenvalue weighted by Gasteiger charge is 2.13. The van der Waals surface area contributed by atoms with E-state index in [0.717, 1.165) is 18.5 Å². The minimum Gasteiger partial charge on any atom is -0.494 e. The van der Waals surface area contributed by atoms with Gasteiger partial charge >= 0.3 is 5.97 Å². The second kappa shape index (κ2) is 10.9. The Labute approximate surface area is 172 Å². The smallest absolute Gasteiger partial charge is 0.337 e. The lowest BCUT2D eigenvalue weighted by atomic mass is 10.1. The summed E-state index contributed by atoms with van der Waals surface area (Å²) in [7, 11) is 1.74. The van der Waals surface area contributed by atoms with Gasteiger partial charge in [0.2, 0.25) is 10.0 Å². The highest BCUT2D eigenvalue weighted by Crippen LogP contribution is 2.16. The van der Waals surface area contributed by atoms with E-state index < -0.39 is 16.0 Å². The summed E-state index contributed by atoms with van der Waals surface area (Å²) in [5.41, 5.74) is 1.38. The molecule has 0 radical (unpaired) electrons. The Hall–Kier alpha value is -2.42. The van der Waals surface area contributed by atoms with Gasteiger partial charge in [-0.3, -0.25) is 0 Å². The number of carbonyl (C=O) groups is 1. The predicted octanol–water partition coefficient (Wildman–Crippen LogP) is 2.32. The van der Waals surface area contributed by atoms with E-state index in [1.54, 1.807) is 36.4 Å². The molecule has 2 aromatic rings. The average Bonchev–Trinajstić information content (AvgIpc) is 2.71. The molecule has 0 heterocycles. The maximum Gasteiger partial charge on any atom is 0.337 e. The molecule has 29 heavy (non-hydrogen) atoms. The number of nitrogens with one attached hydrogen (secondary N) is 1. The fraction of sp³-hybridized carbons (Fsp3) is 0.381. The van der Waals surface area contributed by atoms with Crippen LogP contribution in [0, 0.1) is 0 Å². The third kappa shape index (κ3) is 7.49. The van der Waals surface area contributed by atoms with Gasteiger partial charge in [0.05, 0.1) is 24.2 Å². The number of rotatable bonds is 11. The number of nitrogens with zero attached hydrogens (tertiary/aromatic N) is 1. The first-order chi connectivity index (χ1) is 13.8. The number of hydrogen-bond acceptors (Lipinski definition) is 6. The van der Waals surface area contributed by atoms with Crippen molar-refractivity contribution in [3.05, 3.63) is 59.7 Å². The first-order valence-electron chi connectivity index (χ1n) is 9.36. The van der Waals surface area contributed by atoms with Crippen LogP contribution < -0.4 is 9.46 Å². The van der Waals surface area contributed by atoms with Gasteiger partial charge < -0.3 is 14.4 Å². The molecule has 158 valence electrons. The third-order valence-corrected chi connectivity index (χ3v) is 5.71. The van der Waals surface area contributed by atoms with Crippen molar-refractivity contribution >= 4 is 16.0 Å². The Morgan fingerprint density at radius 2 is 1.69 bits per heavy atom. The van der Waals surface area contributed by atoms with Crippen molar-refractivity contribution in [2.24, 2.45) is 0 Å². The van der Waals surface area contributed by atoms with Gasteiger partial charge in [0.1, 0.15) is 5.75 Å². The van der Waals surface area contributed by atoms with Crippen LogP contribution in [0.3, 0.4) is 0 Å². The van der Waals surface area contributed by atoms with Crippen LogP contribution in [0.2, 0.25) is 0 Å². The lowest BCUT2D eigenvalue weighted by Gasteiger charge is -2.11. The minimum absolute atomic E-state index is 0.194. The summed E-state index contributed by atoms with van der Waals surface area (Å²) < 4.78 is 37.7. The van der Waals surface area contributed by atoms with Crippen molar-refractivity contribution in [2.45, 2.75) is 17.7 Å². The van der Waals surface area contributed by atoms with Gasteiger partial charge in [0.25, 0.3) is 0 Å². The van der Waals surface area contributed by atoms with Gasteiger partial charge in [-0.2, -0.15) is 0 Å². The molecule has 0 spiro atoms. The predicted molar refractivity (Wildman–Crippen MR) is 112 cm³/mol. The summed E-state index contributed by atoms with van der Waals surface area (Å²) in [6.07, 6.45) is 1.41. The van der Waals surface area contributed by atoms with Crippen molar-refractivity contribution in [1.82, 2.24) is 9.62 Å². The molecule has 0 saturated carbocycles. The number of ether oxygens (including phenoxy) is 2. The molecular weight excluding hydrogens is 392 g/mol. The maximum absolute atomic E-state index is 12.4. The third-order valence-electron chi connectivity index (χ3n) is 4.23. The van der Waals surface area contributed by atoms with E-state index in [2.05, 4.69) is 14.4 Å². The number of hydrogen-bond donors (Lipinski definition) is 1. The Morgan fingerprint density at radius 3 is 2.28 bits per heavy atom. The van der Waals surface area contributed by atoms with E-state index in [1.807, 2.05) is 14.1 Å². The van der Waals surface area contributed by atoms with Crippen molar-refractivity contribution in [3.8, 4) is 5.75 Å². The normalized spacial score (nSPS) is 11.4. The summed E-state index contributed by atoms with van der Waals surface area (Å²) in [5.74, 6) is 0.246. The Bertz CT molecular complexity index is 878. The second-order valence-electron chi connectivity index (χ2n) is 6.81. The van der Waals surface area contributed by atoms with E-state index in [1.165, 1.54) is 19.2 Å². The summed E-state index contributed by atoms with van der Waals surface area (Å²) in [5, 5.41) is 0. The van der Waals surface area contributed by atoms with Crippen LogP contribution in [0.25, 0.3) is 0 Å². The van der Waals surface area contributed by atoms with E-state index in [9.17, 15) is 13.2 Å². The fourth-order valence-electron chi connectivity index (χ4n) is 2.62. The van der Waals surface area contributed by atoms with Gasteiger partial charge in [-0.25, -0.2) is 17.9 Å². The molecule has 0 aliphatic carbocycles. The molecule has 8 heteroatoms. The molecule has 0 bridgehead atoms. The van der Waals surface area contributed by atoms with Crippen molar-refractivity contribution in [1.29, 1.82) is 0 Å². The topological polar surface area (TPSA) is 84.9 Å². The van der Waals surface area contributed by atoms with Crippen molar-refractivity contribution in [3.63, 3.8) is 0 Å². The number of sulfonamides is 1. The second-order valence-corrected chi connectivity index (χ2v) is 8.58. The average molecular weight is 421 g/mol. The molecule has 2 aromatic carbocycles. The number of methoxy groups -OCH3 is 1. The SMILES string of the molecule is COC(=O)c1ccc(CCNS(=O)(=O)c2ccc(OCCCN(C)C)cc2)cc1. The summed E-state index contributed by atoms with van der Waals surface area (Å²) in [4.78, 5) is 13.7. The molecule has 0 saturated heterocycles. The zero-order chi connectivity index (χ0) is 21.3. The lowest BCUT2D eigenvalue weighted by Crippen LogP contribution is -2.26. The van der Waals surface area contributed by atoms with Crippen LogP contribution in [0.5, 0.6) is 5.75 Å². The number of esters is 1. The maximum atomic E-state index is 12.4. The van der Waals surface area contributed by atoms with Gasteiger partial charge in [-0.15, -0.1) is 0 Å². The van der Waals surface area contributed by atoms with E-state index in [4.69, 9.17) is 4.74 Å². The Morgan fingerprint density at radius 1 is 1.03 bits per heavy atom. The monoisotopic (exact) mass is 420 g/mol. The molecule has 0 atom stereocenters. The lowest BCUT2D eigenvalue weighted by molar-refractivity contribution is 0.0600. The zero-order valence-corrected chi connectivity index (χ0v) is 17.9. The largest absolute Gasteiger partial charge is 0.494 e. The van der Waals surface area contributed by atoms with Crippen LogP contribution in [-0.4, -0.2) is 60.2 Å². The van der Waals surface area contributed by atoms with E-state index in [-0.39, 0.29) is 11.4 Å².